The number of pyridine rings is 1. The van der Waals surface area contributed by atoms with Gasteiger partial charge in [-0.05, 0) is 56.5 Å². The number of aromatic nitrogens is 5. The molecule has 9 nitrogen and oxygen atoms in total. The Hall–Kier alpha value is -4.27. The Morgan fingerprint density at radius 3 is 2.69 bits per heavy atom. The summed E-state index contributed by atoms with van der Waals surface area (Å²) in [6, 6.07) is 13.5. The minimum absolute atomic E-state index is 0.351. The molecule has 0 atom stereocenters. The number of benzene rings is 2. The molecule has 0 saturated heterocycles. The first kappa shape index (κ1) is 23.5. The van der Waals surface area contributed by atoms with E-state index in [-0.39, 0.29) is 5.97 Å². The number of imidazole rings is 1. The lowest BCUT2D eigenvalue weighted by Gasteiger charge is -2.19. The summed E-state index contributed by atoms with van der Waals surface area (Å²) in [5, 5.41) is 9.51. The number of esters is 1. The molecule has 0 amide bonds. The molecule has 1 N–H and O–H groups in total. The van der Waals surface area contributed by atoms with Crippen molar-refractivity contribution in [1.82, 2.24) is 24.7 Å². The minimum atomic E-state index is -0.548. The summed E-state index contributed by atoms with van der Waals surface area (Å²) in [7, 11) is 1.98. The molecule has 0 bridgehead atoms. The second-order valence-electron chi connectivity index (χ2n) is 9.70. The van der Waals surface area contributed by atoms with Crippen LogP contribution in [-0.4, -0.2) is 42.8 Å². The van der Waals surface area contributed by atoms with Crippen LogP contribution >= 0.6 is 0 Å². The highest BCUT2D eigenvalue weighted by molar-refractivity contribution is 5.95. The summed E-state index contributed by atoms with van der Waals surface area (Å²) in [5.74, 6) is 2.41. The third-order valence-electron chi connectivity index (χ3n) is 5.80. The zero-order chi connectivity index (χ0) is 25.4. The molecule has 0 spiro atoms. The van der Waals surface area contributed by atoms with E-state index in [2.05, 4.69) is 20.4 Å². The van der Waals surface area contributed by atoms with Crippen LogP contribution in [0.5, 0.6) is 0 Å². The SMILES string of the molecule is Cc1nc(-c2ccc3ccnc(NCCc4nc5cc(C(=O)OC(C)(C)C)ccc5n4C)c3c2)no1. The van der Waals surface area contributed by atoms with E-state index in [1.165, 1.54) is 0 Å². The molecule has 0 unspecified atom stereocenters. The van der Waals surface area contributed by atoms with Crippen LogP contribution in [0.4, 0.5) is 5.82 Å². The van der Waals surface area contributed by atoms with E-state index in [1.54, 1.807) is 25.3 Å². The number of aryl methyl sites for hydroxylation is 2. The topological polar surface area (TPSA) is 108 Å². The monoisotopic (exact) mass is 484 g/mol. The number of hydrogen-bond acceptors (Lipinski definition) is 8. The third kappa shape index (κ3) is 4.77. The normalized spacial score (nSPS) is 11.8. The number of carbonyl (C=O) groups is 1. The van der Waals surface area contributed by atoms with Gasteiger partial charge in [0.25, 0.3) is 0 Å². The van der Waals surface area contributed by atoms with E-state index in [9.17, 15) is 4.79 Å². The molecule has 0 aliphatic rings. The van der Waals surface area contributed by atoms with Crippen LogP contribution in [0, 0.1) is 6.92 Å². The molecule has 3 aromatic heterocycles. The van der Waals surface area contributed by atoms with Crippen LogP contribution in [-0.2, 0) is 18.2 Å². The van der Waals surface area contributed by atoms with Gasteiger partial charge in [-0.3, -0.25) is 0 Å². The molecule has 0 aliphatic heterocycles. The maximum Gasteiger partial charge on any atom is 0.338 e. The Balaban J connectivity index is 1.34. The summed E-state index contributed by atoms with van der Waals surface area (Å²) in [6.07, 6.45) is 2.46. The van der Waals surface area contributed by atoms with Gasteiger partial charge in [-0.2, -0.15) is 4.98 Å². The largest absolute Gasteiger partial charge is 0.456 e. The quantitative estimate of drug-likeness (QED) is 0.332. The van der Waals surface area contributed by atoms with Crippen molar-refractivity contribution in [2.45, 2.75) is 39.7 Å². The van der Waals surface area contributed by atoms with Crippen LogP contribution in [0.25, 0.3) is 33.2 Å². The van der Waals surface area contributed by atoms with Crippen molar-refractivity contribution in [1.29, 1.82) is 0 Å². The fraction of sp³-hybridized carbons (Fsp3) is 0.296. The maximum absolute atomic E-state index is 12.5. The summed E-state index contributed by atoms with van der Waals surface area (Å²) in [5.41, 5.74) is 2.53. The Bertz CT molecular complexity index is 1580. The van der Waals surface area contributed by atoms with Gasteiger partial charge in [-0.25, -0.2) is 14.8 Å². The third-order valence-corrected chi connectivity index (χ3v) is 5.80. The average molecular weight is 485 g/mol. The lowest BCUT2D eigenvalue weighted by atomic mass is 10.1. The van der Waals surface area contributed by atoms with Gasteiger partial charge in [0.05, 0.1) is 16.6 Å². The molecular weight excluding hydrogens is 456 g/mol. The lowest BCUT2D eigenvalue weighted by molar-refractivity contribution is 0.00696. The first-order valence-electron chi connectivity index (χ1n) is 11.8. The summed E-state index contributed by atoms with van der Waals surface area (Å²) >= 11 is 0. The predicted molar refractivity (Wildman–Crippen MR) is 138 cm³/mol. The zero-order valence-corrected chi connectivity index (χ0v) is 21.0. The molecule has 3 heterocycles. The van der Waals surface area contributed by atoms with Crippen LogP contribution in [0.15, 0.2) is 53.2 Å². The van der Waals surface area contributed by atoms with Gasteiger partial charge in [0.15, 0.2) is 0 Å². The molecule has 0 saturated carbocycles. The van der Waals surface area contributed by atoms with E-state index < -0.39 is 5.60 Å². The number of fused-ring (bicyclic) bond motifs is 2. The summed E-state index contributed by atoms with van der Waals surface area (Å²) < 4.78 is 12.7. The number of anilines is 1. The fourth-order valence-electron chi connectivity index (χ4n) is 4.09. The Labute approximate surface area is 208 Å². The van der Waals surface area contributed by atoms with Gasteiger partial charge < -0.3 is 19.1 Å². The molecule has 5 aromatic rings. The highest BCUT2D eigenvalue weighted by Gasteiger charge is 2.19. The maximum atomic E-state index is 12.5. The van der Waals surface area contributed by atoms with Crippen LogP contribution in [0.2, 0.25) is 0 Å². The van der Waals surface area contributed by atoms with E-state index in [0.717, 1.165) is 39.0 Å². The molecule has 0 radical (unpaired) electrons. The fourth-order valence-corrected chi connectivity index (χ4v) is 4.09. The number of rotatable bonds is 6. The van der Waals surface area contributed by atoms with Gasteiger partial charge in [0.2, 0.25) is 11.7 Å². The summed E-state index contributed by atoms with van der Waals surface area (Å²) in [4.78, 5) is 26.1. The van der Waals surface area contributed by atoms with Crippen molar-refractivity contribution in [2.24, 2.45) is 7.05 Å². The molecule has 9 heteroatoms. The van der Waals surface area contributed by atoms with E-state index in [4.69, 9.17) is 14.2 Å². The minimum Gasteiger partial charge on any atom is -0.456 e. The molecular formula is C27H28N6O3. The number of hydrogen-bond donors (Lipinski definition) is 1. The van der Waals surface area contributed by atoms with Crippen molar-refractivity contribution in [3.05, 3.63) is 65.9 Å². The molecule has 5 rings (SSSR count). The van der Waals surface area contributed by atoms with E-state index in [1.807, 2.05) is 62.7 Å². The first-order valence-corrected chi connectivity index (χ1v) is 11.8. The van der Waals surface area contributed by atoms with Crippen molar-refractivity contribution in [2.75, 3.05) is 11.9 Å². The van der Waals surface area contributed by atoms with E-state index in [0.29, 0.717) is 30.2 Å². The smallest absolute Gasteiger partial charge is 0.338 e. The molecule has 0 fully saturated rings. The lowest BCUT2D eigenvalue weighted by Crippen LogP contribution is -2.23. The van der Waals surface area contributed by atoms with Crippen molar-refractivity contribution < 1.29 is 14.1 Å². The zero-order valence-electron chi connectivity index (χ0n) is 21.0. The van der Waals surface area contributed by atoms with Crippen molar-refractivity contribution in [3.63, 3.8) is 0 Å². The Morgan fingerprint density at radius 1 is 1.11 bits per heavy atom. The van der Waals surface area contributed by atoms with E-state index >= 15 is 0 Å². The van der Waals surface area contributed by atoms with Crippen LogP contribution < -0.4 is 5.32 Å². The highest BCUT2D eigenvalue weighted by atomic mass is 16.6. The van der Waals surface area contributed by atoms with Crippen LogP contribution in [0.3, 0.4) is 0 Å². The molecule has 184 valence electrons. The molecule has 2 aromatic carbocycles. The number of ether oxygens (including phenoxy) is 1. The standard InChI is InChI=1S/C27H28N6O3/c1-16-30-24(32-36-16)18-7-6-17-10-12-28-25(20(17)14-18)29-13-11-23-31-21-15-19(8-9-22(21)33(23)5)26(34)35-27(2,3)4/h6-10,12,14-15H,11,13H2,1-5H3,(H,28,29). The van der Waals surface area contributed by atoms with Gasteiger partial charge in [0.1, 0.15) is 17.2 Å². The Morgan fingerprint density at radius 2 is 1.94 bits per heavy atom. The van der Waals surface area contributed by atoms with Gasteiger partial charge in [-0.1, -0.05) is 17.3 Å². The van der Waals surface area contributed by atoms with Gasteiger partial charge in [-0.15, -0.1) is 0 Å². The van der Waals surface area contributed by atoms with Gasteiger partial charge >= 0.3 is 5.97 Å². The number of nitrogens with one attached hydrogen (secondary N) is 1. The highest BCUT2D eigenvalue weighted by Crippen LogP contribution is 2.27. The Kier molecular flexibility index (Phi) is 5.91. The van der Waals surface area contributed by atoms with Crippen LogP contribution in [0.1, 0.15) is 42.8 Å². The number of carbonyl (C=O) groups excluding carboxylic acids is 1. The number of nitrogens with zero attached hydrogens (tertiary/aromatic N) is 5. The molecule has 36 heavy (non-hydrogen) atoms. The van der Waals surface area contributed by atoms with Gasteiger partial charge in [0, 0.05) is 44.1 Å². The van der Waals surface area contributed by atoms with Crippen molar-refractivity contribution >= 4 is 33.6 Å². The molecule has 0 aliphatic carbocycles. The second kappa shape index (κ2) is 9.07. The first-order chi connectivity index (χ1) is 17.2. The summed E-state index contributed by atoms with van der Waals surface area (Å²) in [6.45, 7) is 7.96. The second-order valence-corrected chi connectivity index (χ2v) is 9.70. The average Bonchev–Trinajstić information content (AvgIpc) is 3.40. The van der Waals surface area contributed by atoms with Crippen molar-refractivity contribution in [3.8, 4) is 11.4 Å². The predicted octanol–water partition coefficient (Wildman–Crippen LogP) is 5.09.